The molecule has 0 saturated heterocycles. The molecule has 134 valence electrons. The Hall–Kier alpha value is -2.04. The van der Waals surface area contributed by atoms with Crippen molar-refractivity contribution in [2.24, 2.45) is 4.99 Å². The van der Waals surface area contributed by atoms with Crippen LogP contribution >= 0.6 is 0 Å². The summed E-state index contributed by atoms with van der Waals surface area (Å²) in [6.07, 6.45) is 2.54. The van der Waals surface area contributed by atoms with E-state index in [1.54, 1.807) is 0 Å². The lowest BCUT2D eigenvalue weighted by molar-refractivity contribution is -0.130. The first-order chi connectivity index (χ1) is 11.7. The Kier molecular flexibility index (Phi) is 10.3. The van der Waals surface area contributed by atoms with Crippen molar-refractivity contribution in [2.45, 2.75) is 40.0 Å². The summed E-state index contributed by atoms with van der Waals surface area (Å²) >= 11 is 0. The van der Waals surface area contributed by atoms with Gasteiger partial charge < -0.3 is 15.5 Å². The van der Waals surface area contributed by atoms with Crippen LogP contribution in [0.25, 0.3) is 0 Å². The summed E-state index contributed by atoms with van der Waals surface area (Å²) in [6.45, 7) is 9.79. The first kappa shape index (κ1) is 20.0. The zero-order chi connectivity index (χ0) is 17.6. The summed E-state index contributed by atoms with van der Waals surface area (Å²) in [6, 6.07) is 10.5. The van der Waals surface area contributed by atoms with Gasteiger partial charge in [-0.3, -0.25) is 9.79 Å². The van der Waals surface area contributed by atoms with Gasteiger partial charge >= 0.3 is 0 Å². The van der Waals surface area contributed by atoms with E-state index in [4.69, 9.17) is 0 Å². The number of guanidine groups is 1. The maximum Gasteiger partial charge on any atom is 0.224 e. The molecule has 0 aliphatic carbocycles. The molecule has 2 N–H and O–H groups in total. The van der Waals surface area contributed by atoms with Crippen molar-refractivity contribution in [3.63, 3.8) is 0 Å². The molecule has 0 aliphatic rings. The summed E-state index contributed by atoms with van der Waals surface area (Å²) < 4.78 is 0. The number of carbonyl (C=O) groups excluding carboxylic acids is 1. The highest BCUT2D eigenvalue weighted by atomic mass is 16.2. The first-order valence-electron chi connectivity index (χ1n) is 9.05. The number of hydrogen-bond donors (Lipinski definition) is 2. The monoisotopic (exact) mass is 332 g/mol. The normalized spacial score (nSPS) is 11.2. The standard InChI is InChI=1S/C19H32N4O/c1-4-20-19(22-16-14-18(24)23(5-2)6-3)21-15-10-13-17-11-8-7-9-12-17/h7-9,11-12H,4-6,10,13-16H2,1-3H3,(H2,20,21,22). The Morgan fingerprint density at radius 3 is 2.42 bits per heavy atom. The highest BCUT2D eigenvalue weighted by Crippen LogP contribution is 2.02. The van der Waals surface area contributed by atoms with Gasteiger partial charge in [0.2, 0.25) is 5.91 Å². The number of rotatable bonds is 10. The average molecular weight is 332 g/mol. The molecule has 0 unspecified atom stereocenters. The molecule has 5 nitrogen and oxygen atoms in total. The second kappa shape index (κ2) is 12.4. The van der Waals surface area contributed by atoms with Gasteiger partial charge in [0.05, 0.1) is 0 Å². The molecule has 0 heterocycles. The van der Waals surface area contributed by atoms with E-state index in [-0.39, 0.29) is 5.91 Å². The van der Waals surface area contributed by atoms with Crippen LogP contribution in [-0.4, -0.2) is 49.5 Å². The van der Waals surface area contributed by atoms with Crippen LogP contribution in [0.4, 0.5) is 0 Å². The smallest absolute Gasteiger partial charge is 0.224 e. The van der Waals surface area contributed by atoms with Gasteiger partial charge in [0.25, 0.3) is 0 Å². The number of carbonyl (C=O) groups is 1. The number of nitrogens with zero attached hydrogens (tertiary/aromatic N) is 2. The third-order valence-corrected chi connectivity index (χ3v) is 3.83. The Labute approximate surface area is 146 Å². The summed E-state index contributed by atoms with van der Waals surface area (Å²) in [7, 11) is 0. The molecule has 0 atom stereocenters. The molecule has 0 saturated carbocycles. The molecule has 1 rings (SSSR count). The van der Waals surface area contributed by atoms with Gasteiger partial charge in [0.15, 0.2) is 5.96 Å². The van der Waals surface area contributed by atoms with Crippen LogP contribution in [0.3, 0.4) is 0 Å². The van der Waals surface area contributed by atoms with Crippen LogP contribution in [0.1, 0.15) is 39.2 Å². The minimum atomic E-state index is 0.187. The first-order valence-corrected chi connectivity index (χ1v) is 9.05. The van der Waals surface area contributed by atoms with Crippen LogP contribution < -0.4 is 10.6 Å². The number of nitrogens with one attached hydrogen (secondary N) is 2. The predicted octanol–water partition coefficient (Wildman–Crippen LogP) is 2.43. The molecule has 0 fully saturated rings. The van der Waals surface area contributed by atoms with Crippen molar-refractivity contribution < 1.29 is 4.79 Å². The molecule has 0 spiro atoms. The maximum absolute atomic E-state index is 12.0. The van der Waals surface area contributed by atoms with Crippen molar-refractivity contribution in [3.8, 4) is 0 Å². The predicted molar refractivity (Wildman–Crippen MR) is 101 cm³/mol. The van der Waals surface area contributed by atoms with E-state index in [1.165, 1.54) is 5.56 Å². The lowest BCUT2D eigenvalue weighted by Crippen LogP contribution is -2.40. The van der Waals surface area contributed by atoms with Crippen LogP contribution in [0.5, 0.6) is 0 Å². The van der Waals surface area contributed by atoms with Gasteiger partial charge in [-0.25, -0.2) is 0 Å². The fourth-order valence-corrected chi connectivity index (χ4v) is 2.48. The van der Waals surface area contributed by atoms with Crippen LogP contribution in [0.2, 0.25) is 0 Å². The zero-order valence-electron chi connectivity index (χ0n) is 15.3. The Morgan fingerprint density at radius 1 is 1.08 bits per heavy atom. The Balaban J connectivity index is 2.33. The van der Waals surface area contributed by atoms with E-state index in [9.17, 15) is 4.79 Å². The average Bonchev–Trinajstić information content (AvgIpc) is 2.60. The van der Waals surface area contributed by atoms with Crippen molar-refractivity contribution in [1.29, 1.82) is 0 Å². The quantitative estimate of drug-likeness (QED) is 0.393. The van der Waals surface area contributed by atoms with E-state index >= 15 is 0 Å². The third kappa shape index (κ3) is 7.99. The highest BCUT2D eigenvalue weighted by molar-refractivity contribution is 5.81. The van der Waals surface area contributed by atoms with E-state index in [2.05, 4.69) is 39.9 Å². The molecular formula is C19H32N4O. The molecule has 1 aromatic rings. The molecule has 0 bridgehead atoms. The largest absolute Gasteiger partial charge is 0.357 e. The molecule has 1 aromatic carbocycles. The van der Waals surface area contributed by atoms with Crippen molar-refractivity contribution in [1.82, 2.24) is 15.5 Å². The van der Waals surface area contributed by atoms with Crippen LogP contribution in [0, 0.1) is 0 Å². The van der Waals surface area contributed by atoms with Gasteiger partial charge in [-0.1, -0.05) is 30.3 Å². The molecule has 1 amide bonds. The number of amides is 1. The lowest BCUT2D eigenvalue weighted by Gasteiger charge is -2.19. The van der Waals surface area contributed by atoms with Gasteiger partial charge in [0.1, 0.15) is 0 Å². The van der Waals surface area contributed by atoms with E-state index in [0.717, 1.165) is 45.0 Å². The molecule has 24 heavy (non-hydrogen) atoms. The van der Waals surface area contributed by atoms with Crippen molar-refractivity contribution in [3.05, 3.63) is 35.9 Å². The topological polar surface area (TPSA) is 56.7 Å². The second-order valence-electron chi connectivity index (χ2n) is 5.59. The minimum absolute atomic E-state index is 0.187. The van der Waals surface area contributed by atoms with Crippen LogP contribution in [0.15, 0.2) is 35.3 Å². The lowest BCUT2D eigenvalue weighted by atomic mass is 10.1. The third-order valence-electron chi connectivity index (χ3n) is 3.83. The van der Waals surface area contributed by atoms with Gasteiger partial charge in [0, 0.05) is 39.1 Å². The summed E-state index contributed by atoms with van der Waals surface area (Å²) in [5, 5.41) is 6.47. The highest BCUT2D eigenvalue weighted by Gasteiger charge is 2.08. The summed E-state index contributed by atoms with van der Waals surface area (Å²) in [5.41, 5.74) is 1.34. The van der Waals surface area contributed by atoms with E-state index < -0.39 is 0 Å². The molecular weight excluding hydrogens is 300 g/mol. The van der Waals surface area contributed by atoms with Crippen molar-refractivity contribution >= 4 is 11.9 Å². The maximum atomic E-state index is 12.0. The Morgan fingerprint density at radius 2 is 1.79 bits per heavy atom. The van der Waals surface area contributed by atoms with Gasteiger partial charge in [-0.2, -0.15) is 0 Å². The van der Waals surface area contributed by atoms with E-state index in [1.807, 2.05) is 31.7 Å². The minimum Gasteiger partial charge on any atom is -0.357 e. The molecule has 5 heteroatoms. The molecule has 0 aliphatic heterocycles. The summed E-state index contributed by atoms with van der Waals surface area (Å²) in [4.78, 5) is 18.4. The number of benzene rings is 1. The fraction of sp³-hybridized carbons (Fsp3) is 0.579. The fourth-order valence-electron chi connectivity index (χ4n) is 2.48. The number of hydrogen-bond acceptors (Lipinski definition) is 2. The van der Waals surface area contributed by atoms with E-state index in [0.29, 0.717) is 13.0 Å². The van der Waals surface area contributed by atoms with Gasteiger partial charge in [-0.15, -0.1) is 0 Å². The van der Waals surface area contributed by atoms with Gasteiger partial charge in [-0.05, 0) is 39.2 Å². The second-order valence-corrected chi connectivity index (χ2v) is 5.59. The number of aliphatic imine (C=N–C) groups is 1. The van der Waals surface area contributed by atoms with Crippen LogP contribution in [-0.2, 0) is 11.2 Å². The SMILES string of the molecule is CCNC(=NCCCc1ccccc1)NCCC(=O)N(CC)CC. The Bertz CT molecular complexity index is 483. The molecule has 0 aromatic heterocycles. The number of aryl methyl sites for hydroxylation is 1. The zero-order valence-corrected chi connectivity index (χ0v) is 15.3. The summed E-state index contributed by atoms with van der Waals surface area (Å²) in [5.74, 6) is 0.977. The van der Waals surface area contributed by atoms with Crippen molar-refractivity contribution in [2.75, 3.05) is 32.7 Å². The molecule has 0 radical (unpaired) electrons.